The van der Waals surface area contributed by atoms with E-state index in [0.717, 1.165) is 86.4 Å². The zero-order valence-corrected chi connectivity index (χ0v) is 40.1. The summed E-state index contributed by atoms with van der Waals surface area (Å²) in [5.41, 5.74) is 10.8. The molecule has 360 valence electrons. The standard InChI is InChI=1S/C30H32N2O3.C29H30N2O4/c1-35-26-17-15-25(16-18-26)28(24-13-7-3-8-14-24)27(23-11-5-2-6-12-23)19-20-31-29(33)30(34)32-21-9-4-10-22-32;1-34-25-14-12-24(13-15-25)27(23-10-6-3-7-11-23)26(22-8-4-2-5-9-22)16-17-30-28(32)29(33)31-18-20-35-21-19-31/h2-3,5-8,11-18H,4,9-10,19-22H2,1H3,(H,31,33);2-15H,16-21H2,1H3,(H,30,32)/b28-27-;27-26-. The molecule has 6 aromatic rings. The maximum Gasteiger partial charge on any atom is 0.312 e. The highest BCUT2D eigenvalue weighted by atomic mass is 16.5. The highest BCUT2D eigenvalue weighted by Crippen LogP contribution is 2.36. The summed E-state index contributed by atoms with van der Waals surface area (Å²) in [6, 6.07) is 56.8. The molecule has 4 amide bonds. The number of piperidine rings is 1. The third-order valence-electron chi connectivity index (χ3n) is 12.4. The minimum atomic E-state index is -0.579. The molecule has 0 aliphatic carbocycles. The molecule has 0 saturated carbocycles. The summed E-state index contributed by atoms with van der Waals surface area (Å²) < 4.78 is 16.0. The molecule has 0 unspecified atom stereocenters. The molecule has 0 aromatic heterocycles. The van der Waals surface area contributed by atoms with Gasteiger partial charge < -0.3 is 34.6 Å². The van der Waals surface area contributed by atoms with Crippen LogP contribution in [-0.4, -0.2) is 100 Å². The molecule has 70 heavy (non-hydrogen) atoms. The van der Waals surface area contributed by atoms with Crippen LogP contribution >= 0.6 is 0 Å². The number of carbonyl (C=O) groups excluding carboxylic acids is 4. The van der Waals surface area contributed by atoms with Crippen molar-refractivity contribution in [2.45, 2.75) is 32.1 Å². The van der Waals surface area contributed by atoms with Crippen molar-refractivity contribution in [3.05, 3.63) is 203 Å². The van der Waals surface area contributed by atoms with E-state index >= 15 is 0 Å². The third-order valence-corrected chi connectivity index (χ3v) is 12.4. The van der Waals surface area contributed by atoms with Crippen molar-refractivity contribution >= 4 is 45.9 Å². The fourth-order valence-corrected chi connectivity index (χ4v) is 8.77. The number of rotatable bonds is 14. The van der Waals surface area contributed by atoms with Gasteiger partial charge in [0, 0.05) is 39.3 Å². The number of nitrogens with one attached hydrogen (secondary N) is 2. The van der Waals surface area contributed by atoms with Gasteiger partial charge in [-0.3, -0.25) is 19.2 Å². The molecule has 0 radical (unpaired) electrons. The lowest BCUT2D eigenvalue weighted by Gasteiger charge is -2.26. The highest BCUT2D eigenvalue weighted by Gasteiger charge is 2.25. The SMILES string of the molecule is COc1ccc(/C(=C(/CCNC(=O)C(=O)N2CCCCC2)c2ccccc2)c2ccccc2)cc1.COc1ccc(/C(=C(/CCNC(=O)C(=O)N2CCOCC2)c2ccccc2)c2ccccc2)cc1. The normalized spacial score (nSPS) is 14.1. The number of amides is 4. The molecule has 2 fully saturated rings. The van der Waals surface area contributed by atoms with Crippen LogP contribution in [0, 0.1) is 0 Å². The van der Waals surface area contributed by atoms with Crippen LogP contribution in [0.2, 0.25) is 0 Å². The van der Waals surface area contributed by atoms with Crippen molar-refractivity contribution in [2.75, 3.05) is 66.7 Å². The number of likely N-dealkylation sites (tertiary alicyclic amines) is 1. The predicted molar refractivity (Wildman–Crippen MR) is 277 cm³/mol. The number of ether oxygens (including phenoxy) is 3. The van der Waals surface area contributed by atoms with E-state index in [0.29, 0.717) is 65.3 Å². The molecule has 0 atom stereocenters. The van der Waals surface area contributed by atoms with E-state index in [1.165, 1.54) is 0 Å². The second-order valence-electron chi connectivity index (χ2n) is 16.9. The predicted octanol–water partition coefficient (Wildman–Crippen LogP) is 9.19. The number of hydrogen-bond acceptors (Lipinski definition) is 7. The number of methoxy groups -OCH3 is 2. The van der Waals surface area contributed by atoms with Crippen LogP contribution in [0.1, 0.15) is 65.5 Å². The minimum Gasteiger partial charge on any atom is -0.497 e. The van der Waals surface area contributed by atoms with Crippen LogP contribution in [0.5, 0.6) is 11.5 Å². The zero-order valence-electron chi connectivity index (χ0n) is 40.1. The first-order valence-corrected chi connectivity index (χ1v) is 24.0. The molecule has 11 nitrogen and oxygen atoms in total. The fraction of sp³-hybridized carbons (Fsp3) is 0.254. The van der Waals surface area contributed by atoms with E-state index in [2.05, 4.69) is 71.3 Å². The molecule has 11 heteroatoms. The maximum atomic E-state index is 12.6. The Morgan fingerprint density at radius 2 is 0.757 bits per heavy atom. The van der Waals surface area contributed by atoms with Crippen LogP contribution in [-0.2, 0) is 23.9 Å². The van der Waals surface area contributed by atoms with Gasteiger partial charge in [-0.25, -0.2) is 0 Å². The van der Waals surface area contributed by atoms with Crippen molar-refractivity contribution in [3.63, 3.8) is 0 Å². The Morgan fingerprint density at radius 1 is 0.429 bits per heavy atom. The zero-order chi connectivity index (χ0) is 48.9. The lowest BCUT2D eigenvalue weighted by molar-refractivity contribution is -0.148. The van der Waals surface area contributed by atoms with Gasteiger partial charge in [-0.2, -0.15) is 0 Å². The lowest BCUT2D eigenvalue weighted by atomic mass is 9.88. The highest BCUT2D eigenvalue weighted by molar-refractivity contribution is 6.35. The van der Waals surface area contributed by atoms with Crippen molar-refractivity contribution in [1.29, 1.82) is 0 Å². The number of benzene rings is 6. The van der Waals surface area contributed by atoms with Gasteiger partial charge in [0.25, 0.3) is 0 Å². The topological polar surface area (TPSA) is 127 Å². The van der Waals surface area contributed by atoms with Gasteiger partial charge >= 0.3 is 23.6 Å². The molecule has 2 aliphatic rings. The summed E-state index contributed by atoms with van der Waals surface area (Å²) >= 11 is 0. The van der Waals surface area contributed by atoms with Crippen LogP contribution in [0.25, 0.3) is 22.3 Å². The monoisotopic (exact) mass is 938 g/mol. The van der Waals surface area contributed by atoms with Crippen LogP contribution in [0.15, 0.2) is 170 Å². The molecule has 2 heterocycles. The molecule has 6 aromatic carbocycles. The average molecular weight is 939 g/mol. The van der Waals surface area contributed by atoms with Crippen molar-refractivity contribution in [2.24, 2.45) is 0 Å². The largest absolute Gasteiger partial charge is 0.497 e. The number of morpholine rings is 1. The van der Waals surface area contributed by atoms with Crippen LogP contribution < -0.4 is 20.1 Å². The van der Waals surface area contributed by atoms with Gasteiger partial charge in [0.15, 0.2) is 0 Å². The quantitative estimate of drug-likeness (QED) is 0.0825. The average Bonchev–Trinajstić information content (AvgIpc) is 3.44. The molecule has 0 spiro atoms. The van der Waals surface area contributed by atoms with Gasteiger partial charge in [0.1, 0.15) is 11.5 Å². The summed E-state index contributed by atoms with van der Waals surface area (Å²) in [5, 5.41) is 5.70. The van der Waals surface area contributed by atoms with Gasteiger partial charge in [-0.1, -0.05) is 146 Å². The first-order chi connectivity index (χ1) is 34.3. The third kappa shape index (κ3) is 13.7. The first-order valence-electron chi connectivity index (χ1n) is 24.0. The second kappa shape index (κ2) is 26.1. The summed E-state index contributed by atoms with van der Waals surface area (Å²) in [6.45, 7) is 3.84. The van der Waals surface area contributed by atoms with E-state index in [9.17, 15) is 19.2 Å². The van der Waals surface area contributed by atoms with Crippen LogP contribution in [0.4, 0.5) is 0 Å². The Kier molecular flexibility index (Phi) is 18.7. The number of hydrogen-bond donors (Lipinski definition) is 2. The van der Waals surface area contributed by atoms with Crippen molar-refractivity contribution in [1.82, 2.24) is 20.4 Å². The first kappa shape index (κ1) is 50.1. The molecule has 2 aliphatic heterocycles. The molecular formula is C59H62N4O7. The molecular weight excluding hydrogens is 877 g/mol. The van der Waals surface area contributed by atoms with Gasteiger partial charge in [0.05, 0.1) is 27.4 Å². The summed E-state index contributed by atoms with van der Waals surface area (Å²) in [7, 11) is 3.31. The fourth-order valence-electron chi connectivity index (χ4n) is 8.77. The Hall–Kier alpha value is -7.76. The van der Waals surface area contributed by atoms with Gasteiger partial charge in [-0.15, -0.1) is 0 Å². The summed E-state index contributed by atoms with van der Waals surface area (Å²) in [4.78, 5) is 53.5. The Labute approximate surface area is 411 Å². The number of nitrogens with zero attached hydrogens (tertiary/aromatic N) is 2. The lowest BCUT2D eigenvalue weighted by Crippen LogP contribution is -2.48. The van der Waals surface area contributed by atoms with E-state index in [4.69, 9.17) is 14.2 Å². The smallest absolute Gasteiger partial charge is 0.312 e. The number of carbonyl (C=O) groups is 4. The molecule has 2 saturated heterocycles. The van der Waals surface area contributed by atoms with Crippen LogP contribution in [0.3, 0.4) is 0 Å². The van der Waals surface area contributed by atoms with Crippen molar-refractivity contribution < 1.29 is 33.4 Å². The molecule has 8 rings (SSSR count). The summed E-state index contributed by atoms with van der Waals surface area (Å²) in [6.07, 6.45) is 4.18. The Morgan fingerprint density at radius 3 is 1.11 bits per heavy atom. The molecule has 0 bridgehead atoms. The Balaban J connectivity index is 0.000000206. The second-order valence-corrected chi connectivity index (χ2v) is 16.9. The van der Waals surface area contributed by atoms with Gasteiger partial charge in [-0.05, 0) is 112 Å². The maximum absolute atomic E-state index is 12.6. The van der Waals surface area contributed by atoms with E-state index in [1.807, 2.05) is 109 Å². The van der Waals surface area contributed by atoms with E-state index < -0.39 is 23.6 Å². The van der Waals surface area contributed by atoms with E-state index in [-0.39, 0.29) is 0 Å². The Bertz CT molecular complexity index is 2490. The van der Waals surface area contributed by atoms with Crippen molar-refractivity contribution in [3.8, 4) is 11.5 Å². The van der Waals surface area contributed by atoms with E-state index in [1.54, 1.807) is 24.0 Å². The van der Waals surface area contributed by atoms with Gasteiger partial charge in [0.2, 0.25) is 0 Å². The summed E-state index contributed by atoms with van der Waals surface area (Å²) in [5.74, 6) is -0.442. The minimum absolute atomic E-state index is 0.339. The molecule has 2 N–H and O–H groups in total.